The lowest BCUT2D eigenvalue weighted by Gasteiger charge is -2.28. The van der Waals surface area contributed by atoms with E-state index >= 15 is 0 Å². The predicted octanol–water partition coefficient (Wildman–Crippen LogP) is 1.79. The smallest absolute Gasteiger partial charge is 0.128 e. The minimum absolute atomic E-state index is 0.297. The molecule has 4 nitrogen and oxygen atoms in total. The van der Waals surface area contributed by atoms with Gasteiger partial charge >= 0.3 is 0 Å². The van der Waals surface area contributed by atoms with Crippen LogP contribution in [0.5, 0.6) is 0 Å². The molecule has 1 aromatic carbocycles. The number of halogens is 1. The number of amidine groups is 1. The lowest BCUT2D eigenvalue weighted by molar-refractivity contribution is 0.154. The maximum absolute atomic E-state index is 14.0. The van der Waals surface area contributed by atoms with Crippen LogP contribution >= 0.6 is 0 Å². The average molecular weight is 251 g/mol. The van der Waals surface area contributed by atoms with Crippen LogP contribution in [0.2, 0.25) is 0 Å². The Labute approximate surface area is 106 Å². The van der Waals surface area contributed by atoms with E-state index in [2.05, 4.69) is 4.99 Å². The fourth-order valence-electron chi connectivity index (χ4n) is 2.32. The summed E-state index contributed by atoms with van der Waals surface area (Å²) < 4.78 is 19.4. The van der Waals surface area contributed by atoms with Gasteiger partial charge in [0.05, 0.1) is 5.54 Å². The number of hydrogen-bond acceptors (Lipinski definition) is 4. The Morgan fingerprint density at radius 3 is 2.94 bits per heavy atom. The Kier molecular flexibility index (Phi) is 3.52. The van der Waals surface area contributed by atoms with Crippen molar-refractivity contribution in [2.75, 3.05) is 18.9 Å². The largest absolute Gasteiger partial charge is 0.399 e. The van der Waals surface area contributed by atoms with Gasteiger partial charge < -0.3 is 16.2 Å². The van der Waals surface area contributed by atoms with Crippen molar-refractivity contribution in [3.63, 3.8) is 0 Å². The van der Waals surface area contributed by atoms with Gasteiger partial charge in [-0.05, 0) is 24.6 Å². The number of rotatable bonds is 2. The molecule has 0 bridgehead atoms. The molecule has 0 spiro atoms. The first-order valence-electron chi connectivity index (χ1n) is 6.05. The molecule has 0 fully saturated rings. The summed E-state index contributed by atoms with van der Waals surface area (Å²) in [7, 11) is 0. The van der Waals surface area contributed by atoms with Crippen molar-refractivity contribution in [1.29, 1.82) is 0 Å². The van der Waals surface area contributed by atoms with Gasteiger partial charge in [-0.3, -0.25) is 4.99 Å². The molecule has 0 aromatic heterocycles. The predicted molar refractivity (Wildman–Crippen MR) is 69.8 cm³/mol. The zero-order valence-electron chi connectivity index (χ0n) is 10.4. The maximum atomic E-state index is 14.0. The van der Waals surface area contributed by atoms with E-state index in [0.29, 0.717) is 43.1 Å². The summed E-state index contributed by atoms with van der Waals surface area (Å²) in [5, 5.41) is 0. The first kappa shape index (κ1) is 12.8. The second-order valence-corrected chi connectivity index (χ2v) is 4.53. The number of hydrogen-bond donors (Lipinski definition) is 2. The molecule has 0 aliphatic carbocycles. The molecule has 0 amide bonds. The van der Waals surface area contributed by atoms with Crippen molar-refractivity contribution < 1.29 is 9.13 Å². The van der Waals surface area contributed by atoms with Gasteiger partial charge in [0.2, 0.25) is 0 Å². The van der Waals surface area contributed by atoms with Crippen LogP contribution in [0, 0.1) is 5.82 Å². The fraction of sp³-hybridized carbons (Fsp3) is 0.462. The van der Waals surface area contributed by atoms with E-state index in [9.17, 15) is 4.39 Å². The highest BCUT2D eigenvalue weighted by Crippen LogP contribution is 2.37. The molecule has 0 radical (unpaired) electrons. The molecule has 0 saturated carbocycles. The molecule has 1 heterocycles. The van der Waals surface area contributed by atoms with E-state index in [-0.39, 0.29) is 5.82 Å². The van der Waals surface area contributed by atoms with Gasteiger partial charge in [-0.2, -0.15) is 0 Å². The SMILES string of the molecule is CC[C@@]1(c2cc(N)ccc2F)CCOCC(N)=N1. The molecule has 1 aliphatic rings. The van der Waals surface area contributed by atoms with E-state index in [4.69, 9.17) is 16.2 Å². The summed E-state index contributed by atoms with van der Waals surface area (Å²) in [5.41, 5.74) is 11.9. The Morgan fingerprint density at radius 2 is 2.22 bits per heavy atom. The minimum Gasteiger partial charge on any atom is -0.399 e. The van der Waals surface area contributed by atoms with Crippen molar-refractivity contribution in [2.24, 2.45) is 10.7 Å². The molecule has 98 valence electrons. The minimum atomic E-state index is -0.667. The summed E-state index contributed by atoms with van der Waals surface area (Å²) in [6.45, 7) is 2.77. The number of aliphatic imine (C=N–C) groups is 1. The van der Waals surface area contributed by atoms with Crippen LogP contribution in [-0.4, -0.2) is 19.0 Å². The highest BCUT2D eigenvalue weighted by Gasteiger charge is 2.34. The van der Waals surface area contributed by atoms with Crippen LogP contribution in [-0.2, 0) is 10.3 Å². The zero-order valence-corrected chi connectivity index (χ0v) is 10.4. The molecule has 4 N–H and O–H groups in total. The van der Waals surface area contributed by atoms with Gasteiger partial charge in [0.25, 0.3) is 0 Å². The molecule has 0 unspecified atom stereocenters. The summed E-state index contributed by atoms with van der Waals surface area (Å²) in [6.07, 6.45) is 1.25. The van der Waals surface area contributed by atoms with Crippen LogP contribution < -0.4 is 11.5 Å². The highest BCUT2D eigenvalue weighted by atomic mass is 19.1. The van der Waals surface area contributed by atoms with Crippen molar-refractivity contribution in [2.45, 2.75) is 25.3 Å². The first-order valence-corrected chi connectivity index (χ1v) is 6.05. The van der Waals surface area contributed by atoms with Gasteiger partial charge in [-0.15, -0.1) is 0 Å². The van der Waals surface area contributed by atoms with Gasteiger partial charge in [-0.1, -0.05) is 6.92 Å². The molecular weight excluding hydrogens is 233 g/mol. The van der Waals surface area contributed by atoms with E-state index in [0.717, 1.165) is 0 Å². The number of nitrogens with zero attached hydrogens (tertiary/aromatic N) is 1. The third-order valence-corrected chi connectivity index (χ3v) is 3.34. The van der Waals surface area contributed by atoms with Crippen LogP contribution in [0.1, 0.15) is 25.3 Å². The van der Waals surface area contributed by atoms with E-state index in [1.54, 1.807) is 12.1 Å². The van der Waals surface area contributed by atoms with Crippen LogP contribution in [0.15, 0.2) is 23.2 Å². The molecule has 1 aliphatic heterocycles. The summed E-state index contributed by atoms with van der Waals surface area (Å²) >= 11 is 0. The van der Waals surface area contributed by atoms with Gasteiger partial charge in [0, 0.05) is 24.3 Å². The summed E-state index contributed by atoms with van der Waals surface area (Å²) in [5.74, 6) is 0.0978. The van der Waals surface area contributed by atoms with Gasteiger partial charge in [0.15, 0.2) is 0 Å². The Morgan fingerprint density at radius 1 is 1.44 bits per heavy atom. The summed E-state index contributed by atoms with van der Waals surface area (Å²) in [4.78, 5) is 4.47. The molecule has 0 saturated heterocycles. The molecule has 1 atom stereocenters. The molecule has 1 aromatic rings. The summed E-state index contributed by atoms with van der Waals surface area (Å²) in [6, 6.07) is 4.56. The number of anilines is 1. The quantitative estimate of drug-likeness (QED) is 0.787. The first-order chi connectivity index (χ1) is 8.57. The third kappa shape index (κ3) is 2.31. The number of ether oxygens (including phenoxy) is 1. The van der Waals surface area contributed by atoms with Gasteiger partial charge in [-0.25, -0.2) is 4.39 Å². The van der Waals surface area contributed by atoms with Crippen molar-refractivity contribution in [1.82, 2.24) is 0 Å². The highest BCUT2D eigenvalue weighted by molar-refractivity contribution is 5.82. The zero-order chi connectivity index (χ0) is 13.2. The van der Waals surface area contributed by atoms with Gasteiger partial charge in [0.1, 0.15) is 18.3 Å². The van der Waals surface area contributed by atoms with Crippen LogP contribution in [0.25, 0.3) is 0 Å². The second-order valence-electron chi connectivity index (χ2n) is 4.53. The van der Waals surface area contributed by atoms with E-state index in [1.165, 1.54) is 6.07 Å². The topological polar surface area (TPSA) is 73.6 Å². The fourth-order valence-corrected chi connectivity index (χ4v) is 2.32. The average Bonchev–Trinajstić information content (AvgIpc) is 2.55. The van der Waals surface area contributed by atoms with E-state index < -0.39 is 5.54 Å². The Bertz CT molecular complexity index is 475. The number of nitrogens with two attached hydrogens (primary N) is 2. The number of nitrogen functional groups attached to an aromatic ring is 1. The molecule has 18 heavy (non-hydrogen) atoms. The van der Waals surface area contributed by atoms with E-state index in [1.807, 2.05) is 6.92 Å². The monoisotopic (exact) mass is 251 g/mol. The molecular formula is C13H18FN3O. The van der Waals surface area contributed by atoms with Crippen molar-refractivity contribution in [3.05, 3.63) is 29.6 Å². The lowest BCUT2D eigenvalue weighted by atomic mass is 9.84. The number of benzene rings is 1. The molecule has 2 rings (SSSR count). The van der Waals surface area contributed by atoms with Crippen molar-refractivity contribution >= 4 is 11.5 Å². The van der Waals surface area contributed by atoms with Crippen molar-refractivity contribution in [3.8, 4) is 0 Å². The normalized spacial score (nSPS) is 24.4. The molecule has 5 heteroatoms. The maximum Gasteiger partial charge on any atom is 0.128 e. The standard InChI is InChI=1S/C13H18FN3O/c1-2-13(5-6-18-8-12(16)17-13)10-7-9(15)3-4-11(10)14/h3-4,7H,2,5-6,8,15H2,1H3,(H2,16,17)/t13-/m0/s1. The lowest BCUT2D eigenvalue weighted by Crippen LogP contribution is -2.28. The van der Waals surface area contributed by atoms with Crippen LogP contribution in [0.3, 0.4) is 0 Å². The third-order valence-electron chi connectivity index (χ3n) is 3.34. The van der Waals surface area contributed by atoms with Crippen LogP contribution in [0.4, 0.5) is 10.1 Å². The second kappa shape index (κ2) is 4.94. The Hall–Kier alpha value is -1.62. The Balaban J connectivity index is 2.54.